The van der Waals surface area contributed by atoms with E-state index >= 15 is 0 Å². The SMILES string of the molecule is CCc1nc(CN2CCC[C@H](NCC(=O)Nc3cc(C)no3)C2)no1. The highest BCUT2D eigenvalue weighted by molar-refractivity contribution is 5.90. The van der Waals surface area contributed by atoms with Crippen molar-refractivity contribution in [2.45, 2.75) is 45.7 Å². The fraction of sp³-hybridized carbons (Fsp3) is 0.625. The molecule has 0 aliphatic carbocycles. The second-order valence-corrected chi connectivity index (χ2v) is 6.29. The van der Waals surface area contributed by atoms with Gasteiger partial charge in [-0.3, -0.25) is 15.0 Å². The molecule has 0 radical (unpaired) electrons. The van der Waals surface area contributed by atoms with Crippen LogP contribution in [0.3, 0.4) is 0 Å². The maximum absolute atomic E-state index is 12.0. The Labute approximate surface area is 146 Å². The zero-order chi connectivity index (χ0) is 17.6. The van der Waals surface area contributed by atoms with Crippen molar-refractivity contribution >= 4 is 11.8 Å². The first-order chi connectivity index (χ1) is 12.1. The number of nitrogens with one attached hydrogen (secondary N) is 2. The number of aryl methyl sites for hydroxylation is 2. The molecule has 9 nitrogen and oxygen atoms in total. The maximum Gasteiger partial charge on any atom is 0.240 e. The van der Waals surface area contributed by atoms with E-state index in [2.05, 4.69) is 30.8 Å². The lowest BCUT2D eigenvalue weighted by Crippen LogP contribution is -2.47. The van der Waals surface area contributed by atoms with Gasteiger partial charge in [-0.1, -0.05) is 17.2 Å². The molecule has 0 bridgehead atoms. The van der Waals surface area contributed by atoms with Crippen LogP contribution in [0.25, 0.3) is 0 Å². The topological polar surface area (TPSA) is 109 Å². The highest BCUT2D eigenvalue weighted by Crippen LogP contribution is 2.13. The molecule has 1 fully saturated rings. The summed E-state index contributed by atoms with van der Waals surface area (Å²) in [6.07, 6.45) is 2.85. The summed E-state index contributed by atoms with van der Waals surface area (Å²) in [4.78, 5) is 18.6. The molecule has 2 aromatic rings. The van der Waals surface area contributed by atoms with Crippen LogP contribution in [-0.2, 0) is 17.8 Å². The molecule has 2 aromatic heterocycles. The number of rotatable bonds is 7. The fourth-order valence-electron chi connectivity index (χ4n) is 2.90. The van der Waals surface area contributed by atoms with Crippen LogP contribution in [0.15, 0.2) is 15.1 Å². The standard InChI is InChI=1S/C16H24N6O3/c1-3-15-18-13(21-24-15)10-22-6-4-5-12(9-22)17-8-14(23)19-16-7-11(2)20-25-16/h7,12,17H,3-6,8-10H2,1-2H3,(H,19,23)/t12-/m0/s1. The van der Waals surface area contributed by atoms with Gasteiger partial charge in [0.25, 0.3) is 0 Å². The van der Waals surface area contributed by atoms with Crippen molar-refractivity contribution in [1.29, 1.82) is 0 Å². The van der Waals surface area contributed by atoms with Crippen molar-refractivity contribution in [2.24, 2.45) is 0 Å². The second kappa shape index (κ2) is 8.21. The third-order valence-electron chi connectivity index (χ3n) is 4.13. The van der Waals surface area contributed by atoms with Gasteiger partial charge < -0.3 is 14.4 Å². The number of hydrogen-bond acceptors (Lipinski definition) is 8. The van der Waals surface area contributed by atoms with Gasteiger partial charge in [0.2, 0.25) is 17.7 Å². The van der Waals surface area contributed by atoms with E-state index in [9.17, 15) is 4.79 Å². The molecule has 25 heavy (non-hydrogen) atoms. The predicted molar refractivity (Wildman–Crippen MR) is 89.8 cm³/mol. The Hall–Kier alpha value is -2.26. The number of carbonyl (C=O) groups excluding carboxylic acids is 1. The zero-order valence-corrected chi connectivity index (χ0v) is 14.6. The summed E-state index contributed by atoms with van der Waals surface area (Å²) in [5.41, 5.74) is 0.735. The molecular weight excluding hydrogens is 324 g/mol. The number of piperidine rings is 1. The van der Waals surface area contributed by atoms with Crippen LogP contribution in [-0.4, -0.2) is 51.8 Å². The van der Waals surface area contributed by atoms with Crippen LogP contribution in [0.2, 0.25) is 0 Å². The highest BCUT2D eigenvalue weighted by Gasteiger charge is 2.22. The molecule has 2 N–H and O–H groups in total. The smallest absolute Gasteiger partial charge is 0.240 e. The molecule has 1 aliphatic heterocycles. The summed E-state index contributed by atoms with van der Waals surface area (Å²) in [6.45, 7) is 6.55. The number of nitrogens with zero attached hydrogens (tertiary/aromatic N) is 4. The van der Waals surface area contributed by atoms with E-state index in [-0.39, 0.29) is 18.5 Å². The number of hydrogen-bond donors (Lipinski definition) is 2. The largest absolute Gasteiger partial charge is 0.339 e. The van der Waals surface area contributed by atoms with Crippen LogP contribution in [0, 0.1) is 6.92 Å². The molecule has 0 unspecified atom stereocenters. The molecule has 0 spiro atoms. The molecule has 3 rings (SSSR count). The van der Waals surface area contributed by atoms with E-state index in [4.69, 9.17) is 9.05 Å². The minimum atomic E-state index is -0.140. The van der Waals surface area contributed by atoms with Gasteiger partial charge in [0.1, 0.15) is 0 Å². The number of aromatic nitrogens is 3. The Morgan fingerprint density at radius 3 is 3.00 bits per heavy atom. The Balaban J connectivity index is 1.42. The second-order valence-electron chi connectivity index (χ2n) is 6.29. The number of likely N-dealkylation sites (tertiary alicyclic amines) is 1. The lowest BCUT2D eigenvalue weighted by Gasteiger charge is -2.32. The van der Waals surface area contributed by atoms with Crippen LogP contribution in [0.5, 0.6) is 0 Å². The Morgan fingerprint density at radius 1 is 1.40 bits per heavy atom. The summed E-state index contributed by atoms with van der Waals surface area (Å²) >= 11 is 0. The molecule has 1 aliphatic rings. The van der Waals surface area contributed by atoms with Crippen LogP contribution >= 0.6 is 0 Å². The van der Waals surface area contributed by atoms with Crippen molar-refractivity contribution in [2.75, 3.05) is 25.0 Å². The lowest BCUT2D eigenvalue weighted by molar-refractivity contribution is -0.115. The summed E-state index contributed by atoms with van der Waals surface area (Å²) in [6, 6.07) is 1.95. The predicted octanol–water partition coefficient (Wildman–Crippen LogP) is 1.12. The van der Waals surface area contributed by atoms with Crippen molar-refractivity contribution in [1.82, 2.24) is 25.5 Å². The third kappa shape index (κ3) is 5.10. The van der Waals surface area contributed by atoms with Gasteiger partial charge >= 0.3 is 0 Å². The average Bonchev–Trinajstić information content (AvgIpc) is 3.22. The monoisotopic (exact) mass is 348 g/mol. The Morgan fingerprint density at radius 2 is 2.28 bits per heavy atom. The molecule has 0 saturated carbocycles. The quantitative estimate of drug-likeness (QED) is 0.766. The third-order valence-corrected chi connectivity index (χ3v) is 4.13. The van der Waals surface area contributed by atoms with Crippen LogP contribution < -0.4 is 10.6 Å². The molecule has 0 aromatic carbocycles. The van der Waals surface area contributed by atoms with Gasteiger partial charge in [-0.15, -0.1) is 0 Å². The maximum atomic E-state index is 12.0. The van der Waals surface area contributed by atoms with Crippen molar-refractivity contribution in [3.8, 4) is 0 Å². The normalized spacial score (nSPS) is 18.4. The molecule has 9 heteroatoms. The van der Waals surface area contributed by atoms with Gasteiger partial charge in [0.05, 0.1) is 18.8 Å². The highest BCUT2D eigenvalue weighted by atomic mass is 16.5. The minimum Gasteiger partial charge on any atom is -0.339 e. The molecule has 1 atom stereocenters. The summed E-state index contributed by atoms with van der Waals surface area (Å²) in [7, 11) is 0. The van der Waals surface area contributed by atoms with Crippen LogP contribution in [0.1, 0.15) is 37.2 Å². The molecule has 1 amide bonds. The Bertz CT molecular complexity index is 698. The van der Waals surface area contributed by atoms with Crippen molar-refractivity contribution in [3.63, 3.8) is 0 Å². The van der Waals surface area contributed by atoms with E-state index in [1.807, 2.05) is 6.92 Å². The Kier molecular flexibility index (Phi) is 5.77. The van der Waals surface area contributed by atoms with E-state index in [0.717, 1.165) is 43.9 Å². The van der Waals surface area contributed by atoms with Crippen molar-refractivity contribution < 1.29 is 13.8 Å². The summed E-state index contributed by atoms with van der Waals surface area (Å²) in [5.74, 6) is 1.62. The zero-order valence-electron chi connectivity index (χ0n) is 14.6. The first-order valence-corrected chi connectivity index (χ1v) is 8.62. The van der Waals surface area contributed by atoms with Gasteiger partial charge in [-0.25, -0.2) is 0 Å². The molecule has 1 saturated heterocycles. The summed E-state index contributed by atoms with van der Waals surface area (Å²) in [5, 5.41) is 13.7. The van der Waals surface area contributed by atoms with Gasteiger partial charge in [0, 0.05) is 25.1 Å². The number of amides is 1. The number of carbonyl (C=O) groups is 1. The van der Waals surface area contributed by atoms with Crippen molar-refractivity contribution in [3.05, 3.63) is 23.5 Å². The van der Waals surface area contributed by atoms with E-state index in [0.29, 0.717) is 18.3 Å². The number of anilines is 1. The molecule has 3 heterocycles. The fourth-order valence-corrected chi connectivity index (χ4v) is 2.90. The van der Waals surface area contributed by atoms with Crippen LogP contribution in [0.4, 0.5) is 5.88 Å². The van der Waals surface area contributed by atoms with E-state index < -0.39 is 0 Å². The molecule has 136 valence electrons. The van der Waals surface area contributed by atoms with E-state index in [1.165, 1.54) is 0 Å². The average molecular weight is 348 g/mol. The van der Waals surface area contributed by atoms with Gasteiger partial charge in [-0.05, 0) is 26.3 Å². The van der Waals surface area contributed by atoms with E-state index in [1.54, 1.807) is 13.0 Å². The first kappa shape index (κ1) is 17.6. The van der Waals surface area contributed by atoms with Gasteiger partial charge in [-0.2, -0.15) is 4.98 Å². The lowest BCUT2D eigenvalue weighted by atomic mass is 10.1. The minimum absolute atomic E-state index is 0.140. The van der Waals surface area contributed by atoms with Gasteiger partial charge in [0.15, 0.2) is 5.82 Å². The molecular formula is C16H24N6O3. The summed E-state index contributed by atoms with van der Waals surface area (Å²) < 4.78 is 10.1. The first-order valence-electron chi connectivity index (χ1n) is 8.62.